The van der Waals surface area contributed by atoms with Crippen molar-refractivity contribution >= 4 is 11.7 Å². The van der Waals surface area contributed by atoms with Crippen LogP contribution in [0, 0.1) is 0 Å². The molecule has 1 amide bonds. The molecule has 0 bridgehead atoms. The molecule has 0 aliphatic carbocycles. The number of rotatable bonds is 3. The number of nitrogens with one attached hydrogen (secondary N) is 1. The molecular weight excluding hydrogens is 220 g/mol. The molecule has 2 rings (SSSR count). The van der Waals surface area contributed by atoms with Gasteiger partial charge in [0.15, 0.2) is 0 Å². The largest absolute Gasteiger partial charge is 0.384 e. The van der Waals surface area contributed by atoms with Gasteiger partial charge >= 0.3 is 0 Å². The highest BCUT2D eigenvalue weighted by Gasteiger charge is 2.13. The molecule has 17 heavy (non-hydrogen) atoms. The standard InChI is InChI=1S/C10H12N6O/c1-16(5-9-13-6-14-15-9)10(17)7-2-3-12-8(11)4-7/h2-4,6H,5H2,1H3,(H2,11,12)(H,13,14,15). The van der Waals surface area contributed by atoms with Crippen molar-refractivity contribution in [2.45, 2.75) is 6.54 Å². The molecule has 2 aromatic rings. The van der Waals surface area contributed by atoms with Crippen LogP contribution in [0.5, 0.6) is 0 Å². The van der Waals surface area contributed by atoms with Gasteiger partial charge in [-0.15, -0.1) is 0 Å². The summed E-state index contributed by atoms with van der Waals surface area (Å²) in [7, 11) is 1.68. The van der Waals surface area contributed by atoms with Crippen LogP contribution in [0.15, 0.2) is 24.7 Å². The van der Waals surface area contributed by atoms with Crippen molar-refractivity contribution in [2.75, 3.05) is 12.8 Å². The van der Waals surface area contributed by atoms with Crippen LogP contribution in [-0.2, 0) is 6.54 Å². The zero-order valence-electron chi connectivity index (χ0n) is 9.29. The predicted molar refractivity (Wildman–Crippen MR) is 60.8 cm³/mol. The fraction of sp³-hybridized carbons (Fsp3) is 0.200. The van der Waals surface area contributed by atoms with Crippen LogP contribution in [0.4, 0.5) is 5.82 Å². The van der Waals surface area contributed by atoms with Gasteiger partial charge in [0.1, 0.15) is 18.0 Å². The lowest BCUT2D eigenvalue weighted by atomic mass is 10.2. The molecule has 0 aliphatic heterocycles. The molecule has 0 spiro atoms. The fourth-order valence-corrected chi connectivity index (χ4v) is 1.41. The lowest BCUT2D eigenvalue weighted by molar-refractivity contribution is 0.0781. The molecular formula is C10H12N6O. The second-order valence-electron chi connectivity index (χ2n) is 3.56. The summed E-state index contributed by atoms with van der Waals surface area (Å²) in [4.78, 5) is 21.3. The summed E-state index contributed by atoms with van der Waals surface area (Å²) in [6.45, 7) is 0.362. The summed E-state index contributed by atoms with van der Waals surface area (Å²) in [5.74, 6) is 0.808. The molecule has 7 nitrogen and oxygen atoms in total. The minimum absolute atomic E-state index is 0.143. The molecule has 0 aliphatic rings. The molecule has 2 aromatic heterocycles. The zero-order valence-corrected chi connectivity index (χ0v) is 9.29. The van der Waals surface area contributed by atoms with E-state index in [1.54, 1.807) is 19.2 Å². The number of nitrogens with two attached hydrogens (primary N) is 1. The number of nitrogens with zero attached hydrogens (tertiary/aromatic N) is 4. The predicted octanol–water partition coefficient (Wildman–Crippen LogP) is 0.0541. The molecule has 88 valence electrons. The van der Waals surface area contributed by atoms with Crippen LogP contribution in [0.2, 0.25) is 0 Å². The van der Waals surface area contributed by atoms with E-state index in [0.29, 0.717) is 23.8 Å². The Balaban J connectivity index is 2.09. The Hall–Kier alpha value is -2.44. The average Bonchev–Trinajstić information content (AvgIpc) is 2.80. The van der Waals surface area contributed by atoms with Gasteiger partial charge in [-0.1, -0.05) is 0 Å². The summed E-state index contributed by atoms with van der Waals surface area (Å²) in [6.07, 6.45) is 2.91. The number of nitrogen functional groups attached to an aromatic ring is 1. The fourth-order valence-electron chi connectivity index (χ4n) is 1.41. The lowest BCUT2D eigenvalue weighted by Gasteiger charge is -2.15. The lowest BCUT2D eigenvalue weighted by Crippen LogP contribution is -2.26. The number of aromatic amines is 1. The van der Waals surface area contributed by atoms with Gasteiger partial charge in [-0.3, -0.25) is 9.89 Å². The summed E-state index contributed by atoms with van der Waals surface area (Å²) in [5.41, 5.74) is 6.02. The Labute approximate surface area is 97.7 Å². The second-order valence-corrected chi connectivity index (χ2v) is 3.56. The topological polar surface area (TPSA) is 101 Å². The van der Waals surface area contributed by atoms with Crippen molar-refractivity contribution in [2.24, 2.45) is 0 Å². The smallest absolute Gasteiger partial charge is 0.254 e. The summed E-state index contributed by atoms with van der Waals surface area (Å²) in [5, 5.41) is 6.41. The highest BCUT2D eigenvalue weighted by atomic mass is 16.2. The van der Waals surface area contributed by atoms with Crippen molar-refractivity contribution in [3.05, 3.63) is 36.0 Å². The molecule has 0 aromatic carbocycles. The van der Waals surface area contributed by atoms with E-state index in [9.17, 15) is 4.79 Å². The Bertz CT molecular complexity index is 509. The Morgan fingerprint density at radius 2 is 2.35 bits per heavy atom. The van der Waals surface area contributed by atoms with Gasteiger partial charge in [-0.05, 0) is 12.1 Å². The Morgan fingerprint density at radius 3 is 3.00 bits per heavy atom. The first kappa shape index (κ1) is 11.1. The van der Waals surface area contributed by atoms with E-state index in [2.05, 4.69) is 20.2 Å². The number of hydrogen-bond acceptors (Lipinski definition) is 5. The average molecular weight is 232 g/mol. The first-order valence-electron chi connectivity index (χ1n) is 4.98. The highest BCUT2D eigenvalue weighted by molar-refractivity contribution is 5.94. The van der Waals surface area contributed by atoms with Crippen molar-refractivity contribution < 1.29 is 4.79 Å². The normalized spacial score (nSPS) is 10.2. The Morgan fingerprint density at radius 1 is 1.53 bits per heavy atom. The molecule has 3 N–H and O–H groups in total. The van der Waals surface area contributed by atoms with Crippen molar-refractivity contribution in [3.63, 3.8) is 0 Å². The van der Waals surface area contributed by atoms with E-state index >= 15 is 0 Å². The number of anilines is 1. The maximum atomic E-state index is 12.0. The zero-order chi connectivity index (χ0) is 12.3. The molecule has 7 heteroatoms. The molecule has 0 unspecified atom stereocenters. The first-order chi connectivity index (χ1) is 8.16. The number of aromatic nitrogens is 4. The monoisotopic (exact) mass is 232 g/mol. The van der Waals surface area contributed by atoms with Crippen LogP contribution >= 0.6 is 0 Å². The number of pyridine rings is 1. The van der Waals surface area contributed by atoms with E-state index in [0.717, 1.165) is 0 Å². The van der Waals surface area contributed by atoms with E-state index in [4.69, 9.17) is 5.73 Å². The first-order valence-corrected chi connectivity index (χ1v) is 4.98. The third kappa shape index (κ3) is 2.57. The number of carbonyl (C=O) groups excluding carboxylic acids is 1. The molecule has 0 radical (unpaired) electrons. The maximum absolute atomic E-state index is 12.0. The van der Waals surface area contributed by atoms with Gasteiger partial charge < -0.3 is 10.6 Å². The summed E-state index contributed by atoms with van der Waals surface area (Å²) in [6, 6.07) is 3.16. The van der Waals surface area contributed by atoms with Crippen molar-refractivity contribution in [1.82, 2.24) is 25.1 Å². The van der Waals surface area contributed by atoms with Crippen LogP contribution in [0.25, 0.3) is 0 Å². The number of carbonyl (C=O) groups is 1. The van der Waals surface area contributed by atoms with E-state index in [1.165, 1.54) is 17.4 Å². The van der Waals surface area contributed by atoms with Crippen LogP contribution in [0.3, 0.4) is 0 Å². The maximum Gasteiger partial charge on any atom is 0.254 e. The minimum atomic E-state index is -0.143. The summed E-state index contributed by atoms with van der Waals surface area (Å²) >= 11 is 0. The third-order valence-corrected chi connectivity index (χ3v) is 2.23. The summed E-state index contributed by atoms with van der Waals surface area (Å²) < 4.78 is 0. The quantitative estimate of drug-likeness (QED) is 0.778. The van der Waals surface area contributed by atoms with Gasteiger partial charge in [0.2, 0.25) is 0 Å². The number of amides is 1. The van der Waals surface area contributed by atoms with Gasteiger partial charge in [-0.25, -0.2) is 9.97 Å². The van der Waals surface area contributed by atoms with Gasteiger partial charge in [0.05, 0.1) is 6.54 Å². The van der Waals surface area contributed by atoms with Crippen LogP contribution < -0.4 is 5.73 Å². The van der Waals surface area contributed by atoms with Gasteiger partial charge in [-0.2, -0.15) is 5.10 Å². The molecule has 0 saturated carbocycles. The van der Waals surface area contributed by atoms with Crippen LogP contribution in [-0.4, -0.2) is 38.0 Å². The van der Waals surface area contributed by atoms with Crippen LogP contribution in [0.1, 0.15) is 16.2 Å². The Kier molecular flexibility index (Phi) is 2.99. The number of H-pyrrole nitrogens is 1. The highest BCUT2D eigenvalue weighted by Crippen LogP contribution is 2.07. The van der Waals surface area contributed by atoms with Crippen molar-refractivity contribution in [1.29, 1.82) is 0 Å². The molecule has 0 atom stereocenters. The molecule has 0 fully saturated rings. The SMILES string of the molecule is CN(Cc1ncn[nH]1)C(=O)c1ccnc(N)c1. The van der Waals surface area contributed by atoms with E-state index in [1.807, 2.05) is 0 Å². The molecule has 0 saturated heterocycles. The van der Waals surface area contributed by atoms with Crippen molar-refractivity contribution in [3.8, 4) is 0 Å². The second kappa shape index (κ2) is 4.60. The molecule has 2 heterocycles. The van der Waals surface area contributed by atoms with Gasteiger partial charge in [0, 0.05) is 18.8 Å². The number of hydrogen-bond donors (Lipinski definition) is 2. The third-order valence-electron chi connectivity index (χ3n) is 2.23. The van der Waals surface area contributed by atoms with E-state index in [-0.39, 0.29) is 5.91 Å². The van der Waals surface area contributed by atoms with E-state index < -0.39 is 0 Å². The minimum Gasteiger partial charge on any atom is -0.384 e. The van der Waals surface area contributed by atoms with Gasteiger partial charge in [0.25, 0.3) is 5.91 Å².